The van der Waals surface area contributed by atoms with Crippen molar-refractivity contribution in [2.45, 2.75) is 38.5 Å². The number of aromatic nitrogens is 1. The van der Waals surface area contributed by atoms with Crippen molar-refractivity contribution < 1.29 is 0 Å². The Morgan fingerprint density at radius 1 is 0.971 bits per heavy atom. The summed E-state index contributed by atoms with van der Waals surface area (Å²) in [6.45, 7) is 0.893. The molecule has 1 atom stereocenters. The smallest absolute Gasteiger partial charge is 0.129 e. The summed E-state index contributed by atoms with van der Waals surface area (Å²) in [7, 11) is 0. The molecule has 0 bridgehead atoms. The molecule has 2 aromatic carbocycles. The molecule has 3 aliphatic carbocycles. The first kappa shape index (κ1) is 21.0. The van der Waals surface area contributed by atoms with Crippen LogP contribution in [-0.4, -0.2) is 22.3 Å². The van der Waals surface area contributed by atoms with E-state index in [1.54, 1.807) is 11.1 Å². The highest BCUT2D eigenvalue weighted by Gasteiger charge is 2.36. The number of hydrogen-bond donors (Lipinski definition) is 0. The maximum atomic E-state index is 6.10. The molecule has 34 heavy (non-hydrogen) atoms. The second-order valence-corrected chi connectivity index (χ2v) is 11.4. The van der Waals surface area contributed by atoms with Crippen molar-refractivity contribution in [2.24, 2.45) is 16.8 Å². The fourth-order valence-electron chi connectivity index (χ4n) is 6.40. The highest BCUT2D eigenvalue weighted by Crippen LogP contribution is 2.50. The summed E-state index contributed by atoms with van der Waals surface area (Å²) in [6.07, 6.45) is 14.5. The van der Waals surface area contributed by atoms with Crippen molar-refractivity contribution in [1.29, 1.82) is 0 Å². The van der Waals surface area contributed by atoms with E-state index in [0.29, 0.717) is 11.1 Å². The van der Waals surface area contributed by atoms with Gasteiger partial charge in [-0.05, 0) is 89.1 Å². The molecular weight excluding hydrogens is 456 g/mol. The third-order valence-corrected chi connectivity index (χ3v) is 9.46. The number of hydrogen-bond acceptors (Lipinski definition) is 3. The number of rotatable bonds is 3. The molecule has 1 saturated carbocycles. The highest BCUT2D eigenvalue weighted by molar-refractivity contribution is 8.14. The number of fused-ring (bicyclic) bond motifs is 4. The fraction of sp³-hybridized carbons (Fsp3) is 0.333. The number of halogens is 1. The molecule has 7 rings (SSSR count). The Bertz CT molecular complexity index is 1400. The Balaban J connectivity index is 1.46. The van der Waals surface area contributed by atoms with Crippen molar-refractivity contribution in [1.82, 2.24) is 4.98 Å². The van der Waals surface area contributed by atoms with Crippen LogP contribution in [0.3, 0.4) is 0 Å². The molecule has 4 aliphatic rings. The normalized spacial score (nSPS) is 21.9. The van der Waals surface area contributed by atoms with Crippen molar-refractivity contribution in [3.8, 4) is 11.1 Å². The number of pyridine rings is 1. The molecule has 3 aromatic rings. The average molecular weight is 483 g/mol. The van der Waals surface area contributed by atoms with Crippen molar-refractivity contribution in [3.05, 3.63) is 82.2 Å². The van der Waals surface area contributed by atoms with E-state index < -0.39 is 0 Å². The van der Waals surface area contributed by atoms with Gasteiger partial charge < -0.3 is 0 Å². The van der Waals surface area contributed by atoms with Crippen LogP contribution in [-0.2, 0) is 6.42 Å². The zero-order valence-corrected chi connectivity index (χ0v) is 20.8. The molecule has 0 saturated heterocycles. The summed E-state index contributed by atoms with van der Waals surface area (Å²) in [6, 6.07) is 13.4. The second-order valence-electron chi connectivity index (χ2n) is 9.96. The molecule has 0 N–H and O–H groups in total. The van der Waals surface area contributed by atoms with Crippen molar-refractivity contribution >= 4 is 44.8 Å². The lowest BCUT2D eigenvalue weighted by Gasteiger charge is -2.41. The van der Waals surface area contributed by atoms with Gasteiger partial charge in [-0.2, -0.15) is 0 Å². The fourth-order valence-corrected chi connectivity index (χ4v) is 7.43. The molecule has 1 fully saturated rings. The van der Waals surface area contributed by atoms with Crippen LogP contribution in [0.15, 0.2) is 65.3 Å². The molecule has 0 amide bonds. The van der Waals surface area contributed by atoms with E-state index in [4.69, 9.17) is 16.6 Å². The van der Waals surface area contributed by atoms with Crippen LogP contribution >= 0.6 is 23.4 Å². The van der Waals surface area contributed by atoms with Gasteiger partial charge in [-0.3, -0.25) is 4.99 Å². The van der Waals surface area contributed by atoms with Crippen LogP contribution in [0.25, 0.3) is 27.5 Å². The number of aliphatic imine (C=N–C) groups is 1. The summed E-state index contributed by atoms with van der Waals surface area (Å²) in [5.74, 6) is 2.64. The molecule has 0 radical (unpaired) electrons. The number of thioether (sulfide) groups is 1. The molecule has 1 aromatic heterocycles. The van der Waals surface area contributed by atoms with E-state index in [9.17, 15) is 0 Å². The average Bonchev–Trinajstić information content (AvgIpc) is 3.37. The zero-order chi connectivity index (χ0) is 22.6. The summed E-state index contributed by atoms with van der Waals surface area (Å²) >= 11 is 7.98. The Labute approximate surface area is 210 Å². The maximum absolute atomic E-state index is 6.10. The predicted molar refractivity (Wildman–Crippen MR) is 146 cm³/mol. The number of benzene rings is 2. The lowest BCUT2D eigenvalue weighted by molar-refractivity contribution is 0.227. The third kappa shape index (κ3) is 3.31. The van der Waals surface area contributed by atoms with Crippen LogP contribution in [0.2, 0.25) is 5.15 Å². The van der Waals surface area contributed by atoms with Gasteiger partial charge in [0.05, 0.1) is 5.04 Å². The van der Waals surface area contributed by atoms with Gasteiger partial charge >= 0.3 is 0 Å². The lowest BCUT2D eigenvalue weighted by atomic mass is 9.64. The molecule has 0 spiro atoms. The summed E-state index contributed by atoms with van der Waals surface area (Å²) in [4.78, 5) is 9.28. The first-order valence-electron chi connectivity index (χ1n) is 12.6. The zero-order valence-electron chi connectivity index (χ0n) is 19.2. The van der Waals surface area contributed by atoms with Crippen LogP contribution < -0.4 is 0 Å². The number of nitrogens with zero attached hydrogens (tertiary/aromatic N) is 2. The van der Waals surface area contributed by atoms with Crippen LogP contribution in [0, 0.1) is 11.8 Å². The monoisotopic (exact) mass is 482 g/mol. The molecule has 1 aliphatic heterocycles. The van der Waals surface area contributed by atoms with Gasteiger partial charge in [0.15, 0.2) is 0 Å². The summed E-state index contributed by atoms with van der Waals surface area (Å²) in [5, 5.41) is 4.43. The molecule has 4 heteroatoms. The Morgan fingerprint density at radius 3 is 2.62 bits per heavy atom. The molecule has 2 heterocycles. The Kier molecular flexibility index (Phi) is 5.17. The van der Waals surface area contributed by atoms with Crippen molar-refractivity contribution in [2.75, 3.05) is 12.3 Å². The molecule has 1 unspecified atom stereocenters. The SMILES string of the molecule is Clc1ccc(-c2ccc3c4c(ccc3c2C2=NCCS2)C2=C(CCC=C2)C(C2CCC2)C4)cn1. The van der Waals surface area contributed by atoms with Gasteiger partial charge in [0.25, 0.3) is 0 Å². The summed E-state index contributed by atoms with van der Waals surface area (Å²) < 4.78 is 0. The van der Waals surface area contributed by atoms with Gasteiger partial charge in [-0.15, -0.1) is 11.8 Å². The number of allylic oxidation sites excluding steroid dienone is 4. The van der Waals surface area contributed by atoms with Gasteiger partial charge in [-0.1, -0.05) is 60.0 Å². The third-order valence-electron chi connectivity index (χ3n) is 8.24. The first-order valence-corrected chi connectivity index (χ1v) is 13.9. The van der Waals surface area contributed by atoms with E-state index in [1.807, 2.05) is 24.0 Å². The minimum absolute atomic E-state index is 0.527. The van der Waals surface area contributed by atoms with E-state index in [-0.39, 0.29) is 0 Å². The van der Waals surface area contributed by atoms with E-state index in [1.165, 1.54) is 76.6 Å². The van der Waals surface area contributed by atoms with Crippen LogP contribution in [0.1, 0.15) is 48.8 Å². The van der Waals surface area contributed by atoms with Gasteiger partial charge in [0.2, 0.25) is 0 Å². The largest absolute Gasteiger partial charge is 0.277 e. The quantitative estimate of drug-likeness (QED) is 0.352. The summed E-state index contributed by atoms with van der Waals surface area (Å²) in [5.41, 5.74) is 9.83. The standard InChI is InChI=1S/C30H27ClN2S/c31-28-13-8-19(17-33-28)20-9-10-24-25(29(20)30-32-14-15-34-30)12-11-23-21-6-1-2-7-22(21)26(16-27(23)24)18-4-3-5-18/h1,6,8-13,17-18,26H,2-5,7,14-16H2. The molecule has 170 valence electrons. The first-order chi connectivity index (χ1) is 16.8. The van der Waals surface area contributed by atoms with Gasteiger partial charge in [-0.25, -0.2) is 4.98 Å². The second kappa shape index (κ2) is 8.39. The lowest BCUT2D eigenvalue weighted by Crippen LogP contribution is -2.29. The van der Waals surface area contributed by atoms with Gasteiger partial charge in [0, 0.05) is 29.6 Å². The predicted octanol–water partition coefficient (Wildman–Crippen LogP) is 8.12. The minimum Gasteiger partial charge on any atom is -0.277 e. The topological polar surface area (TPSA) is 25.2 Å². The van der Waals surface area contributed by atoms with Crippen molar-refractivity contribution in [3.63, 3.8) is 0 Å². The minimum atomic E-state index is 0.527. The van der Waals surface area contributed by atoms with E-state index >= 15 is 0 Å². The van der Waals surface area contributed by atoms with E-state index in [2.05, 4.69) is 47.5 Å². The van der Waals surface area contributed by atoms with E-state index in [0.717, 1.165) is 23.8 Å². The molecule has 2 nitrogen and oxygen atoms in total. The highest BCUT2D eigenvalue weighted by atomic mass is 35.5. The molecular formula is C30H27ClN2S. The Hall–Kier alpha value is -2.36. The van der Waals surface area contributed by atoms with Gasteiger partial charge in [0.1, 0.15) is 5.15 Å². The van der Waals surface area contributed by atoms with Crippen LogP contribution in [0.5, 0.6) is 0 Å². The van der Waals surface area contributed by atoms with Crippen LogP contribution in [0.4, 0.5) is 0 Å². The Morgan fingerprint density at radius 2 is 1.85 bits per heavy atom. The maximum Gasteiger partial charge on any atom is 0.129 e.